The largest absolute Gasteiger partial charge is 0.492 e. The second-order valence-electron chi connectivity index (χ2n) is 11.0. The summed E-state index contributed by atoms with van der Waals surface area (Å²) in [4.78, 5) is 15.7. The Morgan fingerprint density at radius 3 is 2.49 bits per heavy atom. The van der Waals surface area contributed by atoms with Crippen molar-refractivity contribution in [1.82, 2.24) is 14.7 Å². The molecule has 204 valence electrons. The van der Waals surface area contributed by atoms with Crippen molar-refractivity contribution in [2.75, 3.05) is 50.1 Å². The van der Waals surface area contributed by atoms with Crippen LogP contribution in [0.3, 0.4) is 0 Å². The zero-order valence-corrected chi connectivity index (χ0v) is 23.2. The summed E-state index contributed by atoms with van der Waals surface area (Å²) in [6.07, 6.45) is 0. The Kier molecular flexibility index (Phi) is 7.86. The van der Waals surface area contributed by atoms with Crippen LogP contribution in [-0.2, 0) is 10.2 Å². The molecule has 5 rings (SSSR count). The first-order valence-electron chi connectivity index (χ1n) is 13.5. The second-order valence-corrected chi connectivity index (χ2v) is 11.0. The predicted molar refractivity (Wildman–Crippen MR) is 156 cm³/mol. The van der Waals surface area contributed by atoms with E-state index in [1.807, 2.05) is 73.7 Å². The molecule has 0 aliphatic carbocycles. The predicted octanol–water partition coefficient (Wildman–Crippen LogP) is 5.99. The van der Waals surface area contributed by atoms with Crippen LogP contribution in [0.5, 0.6) is 5.75 Å². The van der Waals surface area contributed by atoms with Crippen LogP contribution in [0.4, 0.5) is 16.3 Å². The number of rotatable bonds is 7. The number of carbonyl (C=O) groups is 1. The minimum Gasteiger partial charge on any atom is -0.492 e. The van der Waals surface area contributed by atoms with Gasteiger partial charge < -0.3 is 14.8 Å². The van der Waals surface area contributed by atoms with E-state index in [1.165, 1.54) is 0 Å². The van der Waals surface area contributed by atoms with E-state index in [0.29, 0.717) is 18.1 Å². The Morgan fingerprint density at radius 2 is 1.74 bits per heavy atom. The van der Waals surface area contributed by atoms with Gasteiger partial charge in [0.15, 0.2) is 0 Å². The van der Waals surface area contributed by atoms with E-state index in [1.54, 1.807) is 4.68 Å². The first-order valence-corrected chi connectivity index (χ1v) is 13.5. The molecule has 2 N–H and O–H groups in total. The smallest absolute Gasteiger partial charge is 0.324 e. The van der Waals surface area contributed by atoms with Gasteiger partial charge in [-0.05, 0) is 30.5 Å². The maximum atomic E-state index is 13.3. The highest BCUT2D eigenvalue weighted by Gasteiger charge is 2.22. The standard InChI is InChI=1S/C31H37N5O3/c1-22-9-11-24(12-10-22)36-29(21-28(34-36)31(2,3)4)33-30(37)32-27-20-25(19-23-7-5-6-8-26(23)27)39-18-15-35-13-16-38-17-14-35/h5-12,19-21H,13-18H2,1-4H3,(H2,32,33,37). The van der Waals surface area contributed by atoms with Gasteiger partial charge in [0.25, 0.3) is 0 Å². The number of anilines is 2. The number of carbonyl (C=O) groups excluding carboxylic acids is 1. The van der Waals surface area contributed by atoms with Crippen molar-refractivity contribution in [2.45, 2.75) is 33.1 Å². The van der Waals surface area contributed by atoms with Gasteiger partial charge in [0.2, 0.25) is 0 Å². The molecule has 3 aromatic carbocycles. The number of fused-ring (bicyclic) bond motifs is 1. The number of urea groups is 1. The van der Waals surface area contributed by atoms with Gasteiger partial charge >= 0.3 is 6.03 Å². The van der Waals surface area contributed by atoms with Gasteiger partial charge in [-0.2, -0.15) is 5.10 Å². The van der Waals surface area contributed by atoms with E-state index in [-0.39, 0.29) is 11.4 Å². The molecule has 8 nitrogen and oxygen atoms in total. The average molecular weight is 528 g/mol. The number of hydrogen-bond acceptors (Lipinski definition) is 5. The molecule has 1 aliphatic rings. The number of morpholine rings is 1. The molecule has 2 amide bonds. The molecule has 1 aliphatic heterocycles. The topological polar surface area (TPSA) is 80.7 Å². The maximum Gasteiger partial charge on any atom is 0.324 e. The molecule has 0 radical (unpaired) electrons. The van der Waals surface area contributed by atoms with Gasteiger partial charge in [-0.3, -0.25) is 10.2 Å². The van der Waals surface area contributed by atoms with Crippen molar-refractivity contribution in [3.63, 3.8) is 0 Å². The molecule has 2 heterocycles. The van der Waals surface area contributed by atoms with Crippen LogP contribution in [0.25, 0.3) is 16.5 Å². The van der Waals surface area contributed by atoms with E-state index in [9.17, 15) is 4.79 Å². The van der Waals surface area contributed by atoms with Crippen LogP contribution in [0, 0.1) is 6.92 Å². The Bertz CT molecular complexity index is 1430. The molecule has 1 fully saturated rings. The van der Waals surface area contributed by atoms with Crippen molar-refractivity contribution < 1.29 is 14.3 Å². The Balaban J connectivity index is 1.36. The van der Waals surface area contributed by atoms with Gasteiger partial charge in [-0.25, -0.2) is 9.48 Å². The monoisotopic (exact) mass is 527 g/mol. The lowest BCUT2D eigenvalue weighted by Crippen LogP contribution is -2.38. The first kappa shape index (κ1) is 26.7. The third kappa shape index (κ3) is 6.58. The van der Waals surface area contributed by atoms with Crippen molar-refractivity contribution >= 4 is 28.3 Å². The van der Waals surface area contributed by atoms with E-state index in [2.05, 4.69) is 36.3 Å². The van der Waals surface area contributed by atoms with Gasteiger partial charge in [0.05, 0.1) is 30.3 Å². The highest BCUT2D eigenvalue weighted by atomic mass is 16.5. The average Bonchev–Trinajstić information content (AvgIpc) is 3.34. The van der Waals surface area contributed by atoms with Crippen LogP contribution in [0.1, 0.15) is 32.0 Å². The summed E-state index contributed by atoms with van der Waals surface area (Å²) in [6, 6.07) is 21.5. The third-order valence-corrected chi connectivity index (χ3v) is 6.86. The normalized spacial score (nSPS) is 14.4. The van der Waals surface area contributed by atoms with Crippen molar-refractivity contribution in [2.24, 2.45) is 0 Å². The third-order valence-electron chi connectivity index (χ3n) is 6.86. The number of hydrogen-bond donors (Lipinski definition) is 2. The van der Waals surface area contributed by atoms with Gasteiger partial charge in [-0.15, -0.1) is 0 Å². The van der Waals surface area contributed by atoms with Crippen LogP contribution in [0.2, 0.25) is 0 Å². The lowest BCUT2D eigenvalue weighted by atomic mass is 9.92. The molecule has 1 saturated heterocycles. The minimum absolute atomic E-state index is 0.175. The van der Waals surface area contributed by atoms with Crippen LogP contribution in [-0.4, -0.2) is 60.2 Å². The van der Waals surface area contributed by atoms with E-state index >= 15 is 0 Å². The summed E-state index contributed by atoms with van der Waals surface area (Å²) < 4.78 is 13.3. The molecule has 39 heavy (non-hydrogen) atoms. The SMILES string of the molecule is Cc1ccc(-n2nc(C(C)(C)C)cc2NC(=O)Nc2cc(OCCN3CCOCC3)cc3ccccc23)cc1. The fraction of sp³-hybridized carbons (Fsp3) is 0.355. The molecule has 0 atom stereocenters. The quantitative estimate of drug-likeness (QED) is 0.309. The molecule has 4 aromatic rings. The van der Waals surface area contributed by atoms with E-state index in [0.717, 1.165) is 66.3 Å². The highest BCUT2D eigenvalue weighted by molar-refractivity contribution is 6.06. The van der Waals surface area contributed by atoms with Gasteiger partial charge in [0.1, 0.15) is 18.2 Å². The number of aromatic nitrogens is 2. The summed E-state index contributed by atoms with van der Waals surface area (Å²) in [5.41, 5.74) is 3.44. The molecule has 0 saturated carbocycles. The van der Waals surface area contributed by atoms with Crippen LogP contribution < -0.4 is 15.4 Å². The molecular formula is C31H37N5O3. The zero-order chi connectivity index (χ0) is 27.4. The fourth-order valence-electron chi connectivity index (χ4n) is 4.58. The summed E-state index contributed by atoms with van der Waals surface area (Å²) in [6.45, 7) is 13.1. The van der Waals surface area contributed by atoms with Gasteiger partial charge in [-0.1, -0.05) is 62.7 Å². The van der Waals surface area contributed by atoms with Crippen LogP contribution >= 0.6 is 0 Å². The molecule has 8 heteroatoms. The summed E-state index contributed by atoms with van der Waals surface area (Å²) in [7, 11) is 0. The first-order chi connectivity index (χ1) is 18.8. The second kappa shape index (κ2) is 11.5. The molecule has 1 aromatic heterocycles. The van der Waals surface area contributed by atoms with Crippen LogP contribution in [0.15, 0.2) is 66.7 Å². The molecule has 0 unspecified atom stereocenters. The van der Waals surface area contributed by atoms with E-state index < -0.39 is 0 Å². The summed E-state index contributed by atoms with van der Waals surface area (Å²) >= 11 is 0. The summed E-state index contributed by atoms with van der Waals surface area (Å²) in [5, 5.41) is 12.8. The number of amides is 2. The lowest BCUT2D eigenvalue weighted by Gasteiger charge is -2.26. The highest BCUT2D eigenvalue weighted by Crippen LogP contribution is 2.30. The zero-order valence-electron chi connectivity index (χ0n) is 23.2. The lowest BCUT2D eigenvalue weighted by molar-refractivity contribution is 0.0322. The Labute approximate surface area is 229 Å². The summed E-state index contributed by atoms with van der Waals surface area (Å²) in [5.74, 6) is 1.32. The number of nitrogens with one attached hydrogen (secondary N) is 2. The van der Waals surface area contributed by atoms with Crippen molar-refractivity contribution in [3.05, 3.63) is 78.0 Å². The number of ether oxygens (including phenoxy) is 2. The van der Waals surface area contributed by atoms with Crippen molar-refractivity contribution in [3.8, 4) is 11.4 Å². The van der Waals surface area contributed by atoms with E-state index in [4.69, 9.17) is 14.6 Å². The number of aryl methyl sites for hydroxylation is 1. The maximum absolute atomic E-state index is 13.3. The number of benzene rings is 3. The Hall–Kier alpha value is -3.88. The molecular weight excluding hydrogens is 490 g/mol. The minimum atomic E-state index is -0.348. The van der Waals surface area contributed by atoms with Gasteiger partial charge in [0, 0.05) is 42.6 Å². The molecule has 0 spiro atoms. The molecule has 0 bridgehead atoms. The number of nitrogens with zero attached hydrogens (tertiary/aromatic N) is 3. The fourth-order valence-corrected chi connectivity index (χ4v) is 4.58. The Morgan fingerprint density at radius 1 is 1.00 bits per heavy atom. The van der Waals surface area contributed by atoms with Crippen molar-refractivity contribution in [1.29, 1.82) is 0 Å².